The Balaban J connectivity index is 1.61. The number of rotatable bonds is 6. The third-order valence-corrected chi connectivity index (χ3v) is 5.40. The minimum Gasteiger partial charge on any atom is -0.321 e. The second-order valence-electron chi connectivity index (χ2n) is 7.21. The number of amides is 2. The number of carbonyl (C=O) groups excluding carboxylic acids is 3. The first kappa shape index (κ1) is 20.7. The van der Waals surface area contributed by atoms with Gasteiger partial charge in [-0.15, -0.1) is 5.10 Å². The minimum absolute atomic E-state index is 0.171. The molecule has 1 unspecified atom stereocenters. The Kier molecular flexibility index (Phi) is 5.77. The summed E-state index contributed by atoms with van der Waals surface area (Å²) in [5.41, 5.74) is 1.85. The van der Waals surface area contributed by atoms with Crippen LogP contribution in [-0.2, 0) is 20.8 Å². The Morgan fingerprint density at radius 2 is 1.84 bits per heavy atom. The molecule has 2 aromatic carbocycles. The number of carbonyl (C=O) groups is 3. The van der Waals surface area contributed by atoms with Crippen molar-refractivity contribution in [2.75, 3.05) is 18.0 Å². The van der Waals surface area contributed by atoms with Crippen LogP contribution in [0.15, 0.2) is 54.9 Å². The number of aromatic nitrogens is 4. The second-order valence-corrected chi connectivity index (χ2v) is 7.64. The van der Waals surface area contributed by atoms with Gasteiger partial charge in [-0.25, -0.2) is 0 Å². The molecular weight excluding hydrogens is 420 g/mol. The fourth-order valence-electron chi connectivity index (χ4n) is 3.63. The summed E-state index contributed by atoms with van der Waals surface area (Å²) in [6.07, 6.45) is 1.74. The first-order valence-corrected chi connectivity index (χ1v) is 9.99. The summed E-state index contributed by atoms with van der Waals surface area (Å²) < 4.78 is 1.39. The lowest BCUT2D eigenvalue weighted by atomic mass is 10.0. The molecule has 0 saturated carbocycles. The Morgan fingerprint density at radius 3 is 2.52 bits per heavy atom. The zero-order chi connectivity index (χ0) is 22.0. The Bertz CT molecular complexity index is 1120. The van der Waals surface area contributed by atoms with E-state index in [1.54, 1.807) is 18.2 Å². The number of ketones is 1. The normalized spacial score (nSPS) is 15.3. The SMILES string of the molecule is CC(=O)C(Cc1ccccc1)N1CC(=O)N(c2cc(Cl)ccc2-n2cnnn2)CC1=O. The van der Waals surface area contributed by atoms with Crippen LogP contribution in [0.25, 0.3) is 5.69 Å². The Morgan fingerprint density at radius 1 is 1.06 bits per heavy atom. The van der Waals surface area contributed by atoms with Crippen molar-refractivity contribution < 1.29 is 14.4 Å². The number of benzene rings is 2. The molecular formula is C21H19ClN6O3. The molecule has 158 valence electrons. The van der Waals surface area contributed by atoms with Crippen molar-refractivity contribution in [3.63, 3.8) is 0 Å². The average molecular weight is 439 g/mol. The molecule has 10 heteroatoms. The minimum atomic E-state index is -0.709. The van der Waals surface area contributed by atoms with Gasteiger partial charge in [0, 0.05) is 5.02 Å². The number of piperazine rings is 1. The Labute approximate surface area is 183 Å². The predicted molar refractivity (Wildman–Crippen MR) is 113 cm³/mol. The van der Waals surface area contributed by atoms with Crippen LogP contribution in [0.5, 0.6) is 0 Å². The number of Topliss-reactive ketones (excluding diaryl/α,β-unsaturated/α-hetero) is 1. The van der Waals surface area contributed by atoms with Gasteiger partial charge in [-0.05, 0) is 47.5 Å². The van der Waals surface area contributed by atoms with Crippen molar-refractivity contribution in [1.29, 1.82) is 0 Å². The molecule has 2 heterocycles. The molecule has 1 aliphatic rings. The van der Waals surface area contributed by atoms with E-state index >= 15 is 0 Å². The summed E-state index contributed by atoms with van der Waals surface area (Å²) in [4.78, 5) is 41.2. The van der Waals surface area contributed by atoms with E-state index in [9.17, 15) is 14.4 Å². The van der Waals surface area contributed by atoms with Gasteiger partial charge in [0.15, 0.2) is 5.78 Å². The fraction of sp³-hybridized carbons (Fsp3) is 0.238. The molecule has 0 N–H and O–H groups in total. The van der Waals surface area contributed by atoms with Gasteiger partial charge in [0.2, 0.25) is 11.8 Å². The van der Waals surface area contributed by atoms with Crippen molar-refractivity contribution in [2.24, 2.45) is 0 Å². The molecule has 1 aromatic heterocycles. The molecule has 31 heavy (non-hydrogen) atoms. The van der Waals surface area contributed by atoms with Crippen LogP contribution in [0.2, 0.25) is 5.02 Å². The fourth-order valence-corrected chi connectivity index (χ4v) is 3.79. The van der Waals surface area contributed by atoms with Gasteiger partial charge in [0.1, 0.15) is 19.4 Å². The van der Waals surface area contributed by atoms with Gasteiger partial charge < -0.3 is 4.90 Å². The number of hydrogen-bond acceptors (Lipinski definition) is 6. The van der Waals surface area contributed by atoms with Crippen LogP contribution < -0.4 is 4.90 Å². The number of anilines is 1. The molecule has 0 spiro atoms. The molecule has 1 saturated heterocycles. The van der Waals surface area contributed by atoms with E-state index < -0.39 is 6.04 Å². The van der Waals surface area contributed by atoms with Crippen molar-refractivity contribution in [3.05, 3.63) is 65.4 Å². The maximum absolute atomic E-state index is 13.1. The maximum atomic E-state index is 13.1. The maximum Gasteiger partial charge on any atom is 0.247 e. The van der Waals surface area contributed by atoms with Crippen molar-refractivity contribution in [3.8, 4) is 5.69 Å². The van der Waals surface area contributed by atoms with Crippen molar-refractivity contribution in [1.82, 2.24) is 25.1 Å². The number of tetrazole rings is 1. The van der Waals surface area contributed by atoms with E-state index in [0.717, 1.165) is 5.56 Å². The van der Waals surface area contributed by atoms with Crippen LogP contribution in [-0.4, -0.2) is 61.8 Å². The lowest BCUT2D eigenvalue weighted by Gasteiger charge is -2.38. The molecule has 4 rings (SSSR count). The number of hydrogen-bond donors (Lipinski definition) is 0. The molecule has 9 nitrogen and oxygen atoms in total. The third-order valence-electron chi connectivity index (χ3n) is 5.16. The summed E-state index contributed by atoms with van der Waals surface area (Å²) >= 11 is 6.15. The highest BCUT2D eigenvalue weighted by Crippen LogP contribution is 2.29. The van der Waals surface area contributed by atoms with E-state index in [1.807, 2.05) is 30.3 Å². The highest BCUT2D eigenvalue weighted by molar-refractivity contribution is 6.31. The van der Waals surface area contributed by atoms with Gasteiger partial charge in [0.25, 0.3) is 0 Å². The van der Waals surface area contributed by atoms with E-state index in [2.05, 4.69) is 15.5 Å². The highest BCUT2D eigenvalue weighted by Gasteiger charge is 2.37. The molecule has 0 radical (unpaired) electrons. The van der Waals surface area contributed by atoms with Gasteiger partial charge >= 0.3 is 0 Å². The molecule has 1 fully saturated rings. The van der Waals surface area contributed by atoms with Crippen molar-refractivity contribution in [2.45, 2.75) is 19.4 Å². The first-order valence-electron chi connectivity index (χ1n) is 9.61. The van der Waals surface area contributed by atoms with Crippen LogP contribution in [0, 0.1) is 0 Å². The van der Waals surface area contributed by atoms with Crippen LogP contribution >= 0.6 is 11.6 Å². The van der Waals surface area contributed by atoms with E-state index in [0.29, 0.717) is 22.8 Å². The molecule has 0 aliphatic carbocycles. The number of halogens is 1. The number of nitrogens with zero attached hydrogens (tertiary/aromatic N) is 6. The summed E-state index contributed by atoms with van der Waals surface area (Å²) in [7, 11) is 0. The van der Waals surface area contributed by atoms with Gasteiger partial charge in [-0.2, -0.15) is 4.68 Å². The zero-order valence-corrected chi connectivity index (χ0v) is 17.4. The van der Waals surface area contributed by atoms with E-state index in [1.165, 1.54) is 27.7 Å². The van der Waals surface area contributed by atoms with Gasteiger partial charge in [-0.3, -0.25) is 19.3 Å². The van der Waals surface area contributed by atoms with Crippen molar-refractivity contribution >= 4 is 34.9 Å². The van der Waals surface area contributed by atoms with E-state index in [4.69, 9.17) is 11.6 Å². The third kappa shape index (κ3) is 4.31. The largest absolute Gasteiger partial charge is 0.321 e. The summed E-state index contributed by atoms with van der Waals surface area (Å²) in [6, 6.07) is 13.6. The second kappa shape index (κ2) is 8.65. The lowest BCUT2D eigenvalue weighted by molar-refractivity contribution is -0.144. The lowest BCUT2D eigenvalue weighted by Crippen LogP contribution is -2.59. The molecule has 0 bridgehead atoms. The molecule has 3 aromatic rings. The monoisotopic (exact) mass is 438 g/mol. The quantitative estimate of drug-likeness (QED) is 0.580. The smallest absolute Gasteiger partial charge is 0.247 e. The highest BCUT2D eigenvalue weighted by atomic mass is 35.5. The van der Waals surface area contributed by atoms with E-state index in [-0.39, 0.29) is 30.7 Å². The molecule has 1 atom stereocenters. The zero-order valence-electron chi connectivity index (χ0n) is 16.7. The molecule has 1 aliphatic heterocycles. The summed E-state index contributed by atoms with van der Waals surface area (Å²) in [6.45, 7) is 1.01. The van der Waals surface area contributed by atoms with Crippen LogP contribution in [0.1, 0.15) is 12.5 Å². The van der Waals surface area contributed by atoms with Gasteiger partial charge in [0.05, 0.1) is 17.4 Å². The van der Waals surface area contributed by atoms with Crippen LogP contribution in [0.3, 0.4) is 0 Å². The average Bonchev–Trinajstić information content (AvgIpc) is 3.29. The predicted octanol–water partition coefficient (Wildman–Crippen LogP) is 1.69. The first-order chi connectivity index (χ1) is 14.9. The van der Waals surface area contributed by atoms with Gasteiger partial charge in [-0.1, -0.05) is 41.9 Å². The molecule has 2 amide bonds. The topological polar surface area (TPSA) is 101 Å². The summed E-state index contributed by atoms with van der Waals surface area (Å²) in [5, 5.41) is 11.5. The summed E-state index contributed by atoms with van der Waals surface area (Å²) in [5.74, 6) is -0.815. The Hall–Kier alpha value is -3.59. The van der Waals surface area contributed by atoms with Crippen LogP contribution in [0.4, 0.5) is 5.69 Å². The standard InChI is InChI=1S/C21H19ClN6O3/c1-14(29)18(9-15-5-3-2-4-6-15)26-11-21(31)27(12-20(26)30)19-10-16(22)7-8-17(19)28-13-23-24-25-28/h2-8,10,13,18H,9,11-12H2,1H3.